The van der Waals surface area contributed by atoms with Crippen LogP contribution >= 0.6 is 11.3 Å². The molecule has 3 aromatic rings. The first kappa shape index (κ1) is 22.1. The number of benzene rings is 2. The summed E-state index contributed by atoms with van der Waals surface area (Å²) in [5.41, 5.74) is 3.08. The van der Waals surface area contributed by atoms with E-state index in [4.69, 9.17) is 9.47 Å². The molecule has 0 spiro atoms. The Morgan fingerprint density at radius 1 is 1.15 bits per heavy atom. The first-order valence-electron chi connectivity index (χ1n) is 10.9. The van der Waals surface area contributed by atoms with E-state index in [1.165, 1.54) is 9.80 Å². The van der Waals surface area contributed by atoms with E-state index in [-0.39, 0.29) is 24.2 Å². The number of aryl methyl sites for hydroxylation is 1. The molecule has 0 fully saturated rings. The number of carbonyl (C=O) groups excluding carboxylic acids is 3. The average Bonchev–Trinajstić information content (AvgIpc) is 3.27. The third kappa shape index (κ3) is 3.62. The summed E-state index contributed by atoms with van der Waals surface area (Å²) in [6.45, 7) is 5.17. The SMILES string of the molecule is Cc1nc(-c2ccc3c(c2)N(C(C)C(=O)c2ccc4c(c2)N(C)C(=O)C(C)O4)C(=O)CO3)cs1. The number of hydrogen-bond acceptors (Lipinski definition) is 7. The van der Waals surface area contributed by atoms with Gasteiger partial charge in [-0.3, -0.25) is 19.3 Å². The van der Waals surface area contributed by atoms with Crippen molar-refractivity contribution in [2.75, 3.05) is 23.5 Å². The van der Waals surface area contributed by atoms with Crippen LogP contribution in [-0.4, -0.2) is 48.4 Å². The fourth-order valence-corrected chi connectivity index (χ4v) is 4.90. The highest BCUT2D eigenvalue weighted by atomic mass is 32.1. The number of hydrogen-bond donors (Lipinski definition) is 0. The number of likely N-dealkylation sites (N-methyl/N-ethyl adjacent to an activating group) is 1. The molecule has 0 bridgehead atoms. The number of rotatable bonds is 4. The second-order valence-corrected chi connectivity index (χ2v) is 9.43. The maximum atomic E-state index is 13.5. The summed E-state index contributed by atoms with van der Waals surface area (Å²) in [6, 6.07) is 9.72. The molecule has 2 aliphatic heterocycles. The molecule has 2 atom stereocenters. The van der Waals surface area contributed by atoms with Gasteiger partial charge in [0, 0.05) is 23.6 Å². The molecule has 2 aromatic carbocycles. The van der Waals surface area contributed by atoms with Gasteiger partial charge >= 0.3 is 0 Å². The Kier molecular flexibility index (Phi) is 5.36. The third-order valence-electron chi connectivity index (χ3n) is 6.11. The lowest BCUT2D eigenvalue weighted by atomic mass is 10.00. The number of ketones is 1. The fourth-order valence-electron chi connectivity index (χ4n) is 4.27. The number of aromatic nitrogens is 1. The van der Waals surface area contributed by atoms with Gasteiger partial charge < -0.3 is 14.4 Å². The summed E-state index contributed by atoms with van der Waals surface area (Å²) in [5.74, 6) is 0.330. The Bertz CT molecular complexity index is 1330. The van der Waals surface area contributed by atoms with Crippen molar-refractivity contribution in [1.82, 2.24) is 4.98 Å². The van der Waals surface area contributed by atoms with E-state index in [9.17, 15) is 14.4 Å². The molecule has 0 saturated carbocycles. The fraction of sp³-hybridized carbons (Fsp3) is 0.280. The lowest BCUT2D eigenvalue weighted by Gasteiger charge is -2.34. The Morgan fingerprint density at radius 2 is 1.91 bits per heavy atom. The van der Waals surface area contributed by atoms with Gasteiger partial charge in [0.25, 0.3) is 11.8 Å². The zero-order chi connectivity index (χ0) is 24.1. The standard InChI is InChI=1S/C25H23N3O5S/c1-13(24(30)17-6-8-22-19(10-17)27(4)25(31)14(2)33-22)28-20-9-16(18-12-34-15(3)26-18)5-7-21(20)32-11-23(28)29/h5-10,12-14H,11H2,1-4H3. The molecule has 1 aromatic heterocycles. The molecule has 34 heavy (non-hydrogen) atoms. The molecule has 174 valence electrons. The second kappa shape index (κ2) is 8.25. The van der Waals surface area contributed by atoms with Crippen molar-refractivity contribution in [2.45, 2.75) is 32.9 Å². The van der Waals surface area contributed by atoms with Crippen LogP contribution in [0.1, 0.15) is 29.2 Å². The lowest BCUT2D eigenvalue weighted by molar-refractivity contribution is -0.125. The Labute approximate surface area is 200 Å². The highest BCUT2D eigenvalue weighted by Crippen LogP contribution is 2.39. The van der Waals surface area contributed by atoms with Crippen LogP contribution in [0.5, 0.6) is 11.5 Å². The predicted octanol–water partition coefficient (Wildman–Crippen LogP) is 3.86. The van der Waals surface area contributed by atoms with Gasteiger partial charge in [0.15, 0.2) is 18.5 Å². The number of nitrogens with zero attached hydrogens (tertiary/aromatic N) is 3. The number of ether oxygens (including phenoxy) is 2. The zero-order valence-corrected chi connectivity index (χ0v) is 20.0. The van der Waals surface area contributed by atoms with E-state index < -0.39 is 12.1 Å². The predicted molar refractivity (Wildman–Crippen MR) is 129 cm³/mol. The van der Waals surface area contributed by atoms with Gasteiger partial charge in [-0.2, -0.15) is 0 Å². The largest absolute Gasteiger partial charge is 0.482 e. The minimum Gasteiger partial charge on any atom is -0.482 e. The smallest absolute Gasteiger partial charge is 0.267 e. The van der Waals surface area contributed by atoms with Crippen molar-refractivity contribution >= 4 is 40.3 Å². The summed E-state index contributed by atoms with van der Waals surface area (Å²) < 4.78 is 11.3. The van der Waals surface area contributed by atoms with Crippen LogP contribution in [0, 0.1) is 6.92 Å². The van der Waals surface area contributed by atoms with Crippen molar-refractivity contribution in [1.29, 1.82) is 0 Å². The van der Waals surface area contributed by atoms with Gasteiger partial charge in [0.1, 0.15) is 11.5 Å². The van der Waals surface area contributed by atoms with Crippen molar-refractivity contribution in [3.05, 3.63) is 52.3 Å². The molecule has 0 radical (unpaired) electrons. The van der Waals surface area contributed by atoms with Crippen LogP contribution in [0.4, 0.5) is 11.4 Å². The Balaban J connectivity index is 1.49. The van der Waals surface area contributed by atoms with E-state index in [1.807, 2.05) is 24.4 Å². The van der Waals surface area contributed by atoms with Crippen molar-refractivity contribution in [2.24, 2.45) is 0 Å². The maximum absolute atomic E-state index is 13.5. The average molecular weight is 478 g/mol. The second-order valence-electron chi connectivity index (χ2n) is 8.37. The summed E-state index contributed by atoms with van der Waals surface area (Å²) in [4.78, 5) is 46.2. The lowest BCUT2D eigenvalue weighted by Crippen LogP contribution is -2.48. The van der Waals surface area contributed by atoms with Crippen molar-refractivity contribution < 1.29 is 23.9 Å². The van der Waals surface area contributed by atoms with E-state index in [1.54, 1.807) is 56.5 Å². The molecule has 3 heterocycles. The number of amides is 2. The first-order valence-corrected chi connectivity index (χ1v) is 11.8. The van der Waals surface area contributed by atoms with Crippen LogP contribution in [0.2, 0.25) is 0 Å². The number of fused-ring (bicyclic) bond motifs is 2. The van der Waals surface area contributed by atoms with Gasteiger partial charge in [0.05, 0.1) is 28.1 Å². The molecular formula is C25H23N3O5S. The van der Waals surface area contributed by atoms with Gasteiger partial charge in [-0.05, 0) is 57.2 Å². The topological polar surface area (TPSA) is 89.0 Å². The van der Waals surface area contributed by atoms with Crippen LogP contribution in [-0.2, 0) is 9.59 Å². The van der Waals surface area contributed by atoms with Gasteiger partial charge in [-0.25, -0.2) is 4.98 Å². The zero-order valence-electron chi connectivity index (χ0n) is 19.2. The van der Waals surface area contributed by atoms with Gasteiger partial charge in [-0.1, -0.05) is 0 Å². The third-order valence-corrected chi connectivity index (χ3v) is 6.88. The molecule has 9 heteroatoms. The van der Waals surface area contributed by atoms with E-state index in [0.717, 1.165) is 16.3 Å². The molecular weight excluding hydrogens is 454 g/mol. The summed E-state index contributed by atoms with van der Waals surface area (Å²) in [5, 5.41) is 2.89. The molecule has 0 saturated heterocycles. The molecule has 0 N–H and O–H groups in total. The van der Waals surface area contributed by atoms with Crippen LogP contribution < -0.4 is 19.3 Å². The van der Waals surface area contributed by atoms with Crippen LogP contribution in [0.15, 0.2) is 41.8 Å². The summed E-state index contributed by atoms with van der Waals surface area (Å²) in [7, 11) is 1.65. The number of thiazole rings is 1. The van der Waals surface area contributed by atoms with E-state index >= 15 is 0 Å². The first-order chi connectivity index (χ1) is 16.2. The van der Waals surface area contributed by atoms with Crippen LogP contribution in [0.25, 0.3) is 11.3 Å². The van der Waals surface area contributed by atoms with E-state index in [0.29, 0.717) is 28.4 Å². The molecule has 5 rings (SSSR count). The highest BCUT2D eigenvalue weighted by Gasteiger charge is 2.35. The molecule has 2 unspecified atom stereocenters. The molecule has 2 amide bonds. The molecule has 2 aliphatic rings. The number of Topliss-reactive ketones (excluding diaryl/α,β-unsaturated/α-hetero) is 1. The quantitative estimate of drug-likeness (QED) is 0.530. The maximum Gasteiger partial charge on any atom is 0.267 e. The minimum absolute atomic E-state index is 0.146. The van der Waals surface area contributed by atoms with Gasteiger partial charge in [0.2, 0.25) is 0 Å². The normalized spacial score (nSPS) is 18.1. The van der Waals surface area contributed by atoms with Crippen molar-refractivity contribution in [3.8, 4) is 22.8 Å². The van der Waals surface area contributed by atoms with Gasteiger partial charge in [-0.15, -0.1) is 11.3 Å². The minimum atomic E-state index is -0.787. The monoisotopic (exact) mass is 477 g/mol. The molecule has 8 nitrogen and oxygen atoms in total. The highest BCUT2D eigenvalue weighted by molar-refractivity contribution is 7.09. The Morgan fingerprint density at radius 3 is 2.65 bits per heavy atom. The summed E-state index contributed by atoms with van der Waals surface area (Å²) in [6.07, 6.45) is -0.587. The Hall–Kier alpha value is -3.72. The van der Waals surface area contributed by atoms with Crippen LogP contribution in [0.3, 0.4) is 0 Å². The number of anilines is 2. The number of carbonyl (C=O) groups is 3. The summed E-state index contributed by atoms with van der Waals surface area (Å²) >= 11 is 1.54. The molecule has 0 aliphatic carbocycles. The van der Waals surface area contributed by atoms with Crippen molar-refractivity contribution in [3.63, 3.8) is 0 Å². The van der Waals surface area contributed by atoms with E-state index in [2.05, 4.69) is 4.98 Å².